The molecule has 0 spiro atoms. The zero-order chi connectivity index (χ0) is 25.4. The Morgan fingerprint density at radius 1 is 1.17 bits per heavy atom. The minimum Gasteiger partial charge on any atom is -0.466 e. The molecule has 1 fully saturated rings. The van der Waals surface area contributed by atoms with Gasteiger partial charge in [-0.25, -0.2) is 0 Å². The lowest BCUT2D eigenvalue weighted by atomic mass is 10.1. The van der Waals surface area contributed by atoms with Crippen molar-refractivity contribution in [2.45, 2.75) is 52.0 Å². The van der Waals surface area contributed by atoms with Crippen molar-refractivity contribution >= 4 is 41.5 Å². The maximum Gasteiger partial charge on any atom is 0.315 e. The van der Waals surface area contributed by atoms with Crippen molar-refractivity contribution in [3.63, 3.8) is 0 Å². The molecule has 7 nitrogen and oxygen atoms in total. The molecule has 0 atom stereocenters. The molecular formula is C28H35ClN4O3. The van der Waals surface area contributed by atoms with Gasteiger partial charge in [0.2, 0.25) is 5.91 Å². The van der Waals surface area contributed by atoms with Gasteiger partial charge in [0.1, 0.15) is 12.3 Å². The van der Waals surface area contributed by atoms with Crippen molar-refractivity contribution in [2.24, 2.45) is 5.73 Å². The Morgan fingerprint density at radius 2 is 1.89 bits per heavy atom. The smallest absolute Gasteiger partial charge is 0.315 e. The van der Waals surface area contributed by atoms with Gasteiger partial charge in [-0.3, -0.25) is 15.0 Å². The first-order valence-corrected chi connectivity index (χ1v) is 12.0. The number of nitrogens with two attached hydrogens (primary N) is 1. The molecule has 0 bridgehead atoms. The summed E-state index contributed by atoms with van der Waals surface area (Å²) in [5.41, 5.74) is 9.84. The maximum absolute atomic E-state index is 13.1. The molecule has 2 aromatic carbocycles. The molecule has 0 unspecified atom stereocenters. The van der Waals surface area contributed by atoms with Crippen molar-refractivity contribution in [3.05, 3.63) is 59.2 Å². The predicted octanol–water partition coefficient (Wildman–Crippen LogP) is 4.42. The normalized spacial score (nSPS) is 12.6. The van der Waals surface area contributed by atoms with Crippen LogP contribution < -0.4 is 15.5 Å². The van der Waals surface area contributed by atoms with E-state index < -0.39 is 5.97 Å². The Bertz CT molecular complexity index is 1150. The van der Waals surface area contributed by atoms with Gasteiger partial charge in [-0.1, -0.05) is 36.8 Å². The second-order valence-electron chi connectivity index (χ2n) is 8.81. The highest BCUT2D eigenvalue weighted by atomic mass is 35.5. The summed E-state index contributed by atoms with van der Waals surface area (Å²) in [6, 6.07) is 13.4. The minimum atomic E-state index is -0.487. The summed E-state index contributed by atoms with van der Waals surface area (Å²) in [4.78, 5) is 28.8. The van der Waals surface area contributed by atoms with Crippen LogP contribution in [0.3, 0.4) is 0 Å². The van der Waals surface area contributed by atoms with Gasteiger partial charge in [0.15, 0.2) is 0 Å². The van der Waals surface area contributed by atoms with Crippen LogP contribution in [0.15, 0.2) is 42.5 Å². The average molecular weight is 511 g/mol. The zero-order valence-electron chi connectivity index (χ0n) is 21.2. The summed E-state index contributed by atoms with van der Waals surface area (Å²) >= 11 is 0. The Kier molecular flexibility index (Phi) is 10.8. The van der Waals surface area contributed by atoms with Crippen molar-refractivity contribution in [1.82, 2.24) is 0 Å². The molecule has 1 amide bonds. The third kappa shape index (κ3) is 7.50. The number of hydrogen-bond acceptors (Lipinski definition) is 5. The van der Waals surface area contributed by atoms with Crippen molar-refractivity contribution in [2.75, 3.05) is 30.0 Å². The molecule has 3 rings (SSSR count). The fourth-order valence-corrected chi connectivity index (χ4v) is 4.38. The Balaban J connectivity index is 0.00000456. The lowest BCUT2D eigenvalue weighted by Crippen LogP contribution is -2.40. The van der Waals surface area contributed by atoms with E-state index in [9.17, 15) is 9.59 Å². The van der Waals surface area contributed by atoms with Gasteiger partial charge in [0, 0.05) is 35.6 Å². The first kappa shape index (κ1) is 28.7. The highest BCUT2D eigenvalue weighted by Crippen LogP contribution is 2.31. The highest BCUT2D eigenvalue weighted by molar-refractivity contribution is 6.04. The molecule has 0 aliphatic heterocycles. The third-order valence-electron chi connectivity index (χ3n) is 6.16. The van der Waals surface area contributed by atoms with Gasteiger partial charge >= 0.3 is 5.97 Å². The molecule has 0 saturated heterocycles. The maximum atomic E-state index is 13.1. The van der Waals surface area contributed by atoms with Crippen LogP contribution in [-0.2, 0) is 14.3 Å². The van der Waals surface area contributed by atoms with Crippen molar-refractivity contribution in [3.8, 4) is 11.8 Å². The summed E-state index contributed by atoms with van der Waals surface area (Å²) in [7, 11) is 1.94. The molecule has 2 aromatic rings. The highest BCUT2D eigenvalue weighted by Gasteiger charge is 2.30. The number of rotatable bonds is 8. The lowest BCUT2D eigenvalue weighted by molar-refractivity contribution is -0.145. The number of nitrogens with zero attached hydrogens (tertiary/aromatic N) is 2. The largest absolute Gasteiger partial charge is 0.466 e. The number of amidine groups is 1. The molecule has 0 aromatic heterocycles. The number of anilines is 2. The van der Waals surface area contributed by atoms with Crippen molar-refractivity contribution < 1.29 is 14.3 Å². The SMILES string of the molecule is CCOC(=O)CC(=O)N(c1ccc(C#CCN(C)c2cccc(C(=N)N)c2)cc1C)C1CCCC1.Cl. The summed E-state index contributed by atoms with van der Waals surface area (Å²) < 4.78 is 5.00. The molecule has 1 aliphatic carbocycles. The molecule has 1 saturated carbocycles. The predicted molar refractivity (Wildman–Crippen MR) is 147 cm³/mol. The van der Waals surface area contributed by atoms with E-state index in [0.29, 0.717) is 12.1 Å². The van der Waals surface area contributed by atoms with E-state index in [0.717, 1.165) is 48.2 Å². The van der Waals surface area contributed by atoms with Crippen LogP contribution in [0.1, 0.15) is 55.7 Å². The average Bonchev–Trinajstić information content (AvgIpc) is 3.35. The second-order valence-corrected chi connectivity index (χ2v) is 8.81. The Labute approximate surface area is 219 Å². The minimum absolute atomic E-state index is 0. The van der Waals surface area contributed by atoms with Crippen LogP contribution in [0.4, 0.5) is 11.4 Å². The first-order chi connectivity index (χ1) is 16.8. The van der Waals surface area contributed by atoms with Gasteiger partial charge < -0.3 is 20.3 Å². The number of halogens is 1. The van der Waals surface area contributed by atoms with Gasteiger partial charge in [-0.15, -0.1) is 12.4 Å². The van der Waals surface area contributed by atoms with Gasteiger partial charge in [-0.05, 0) is 62.6 Å². The van der Waals surface area contributed by atoms with Gasteiger partial charge in [-0.2, -0.15) is 0 Å². The monoisotopic (exact) mass is 510 g/mol. The molecule has 3 N–H and O–H groups in total. The Hall–Kier alpha value is -3.50. The number of benzene rings is 2. The standard InChI is InChI=1S/C28H34N4O3.ClH/c1-4-35-27(34)19-26(33)32(23-11-5-6-12-23)25-15-14-21(17-20(25)2)9-8-16-31(3)24-13-7-10-22(18-24)28(29)30;/h7,10,13-15,17-18,23H,4-6,11-12,16,19H2,1-3H3,(H3,29,30);1H. The summed E-state index contributed by atoms with van der Waals surface area (Å²) in [5, 5.41) is 7.61. The van der Waals surface area contributed by atoms with Gasteiger partial charge in [0.25, 0.3) is 0 Å². The van der Waals surface area contributed by atoms with E-state index in [4.69, 9.17) is 15.9 Å². The van der Waals surface area contributed by atoms with Crippen LogP contribution in [0.2, 0.25) is 0 Å². The number of ether oxygens (including phenoxy) is 1. The molecule has 0 radical (unpaired) electrons. The third-order valence-corrected chi connectivity index (χ3v) is 6.16. The van der Waals surface area contributed by atoms with Crippen LogP contribution in [0.25, 0.3) is 0 Å². The van der Waals surface area contributed by atoms with E-state index in [2.05, 4.69) is 11.8 Å². The van der Waals surface area contributed by atoms with Crippen LogP contribution in [-0.4, -0.2) is 44.0 Å². The van der Waals surface area contributed by atoms with E-state index in [1.54, 1.807) is 11.8 Å². The molecule has 0 heterocycles. The van der Waals surface area contributed by atoms with E-state index in [1.165, 1.54) is 0 Å². The first-order valence-electron chi connectivity index (χ1n) is 12.0. The molecule has 8 heteroatoms. The Morgan fingerprint density at radius 3 is 2.53 bits per heavy atom. The summed E-state index contributed by atoms with van der Waals surface area (Å²) in [6.07, 6.45) is 3.79. The number of carbonyl (C=O) groups excluding carboxylic acids is 2. The lowest BCUT2D eigenvalue weighted by Gasteiger charge is -2.30. The zero-order valence-corrected chi connectivity index (χ0v) is 22.0. The quantitative estimate of drug-likeness (QED) is 0.180. The number of esters is 1. The fourth-order valence-electron chi connectivity index (χ4n) is 4.38. The van der Waals surface area contributed by atoms with Crippen molar-refractivity contribution in [1.29, 1.82) is 5.41 Å². The molecular weight excluding hydrogens is 476 g/mol. The number of aryl methyl sites for hydroxylation is 1. The number of nitrogen functional groups attached to an aromatic ring is 1. The molecule has 36 heavy (non-hydrogen) atoms. The fraction of sp³-hybridized carbons (Fsp3) is 0.393. The summed E-state index contributed by atoms with van der Waals surface area (Å²) in [5.74, 6) is 5.73. The number of carbonyl (C=O) groups is 2. The van der Waals surface area contributed by atoms with E-state index in [-0.39, 0.29) is 43.2 Å². The van der Waals surface area contributed by atoms with Crippen LogP contribution >= 0.6 is 12.4 Å². The summed E-state index contributed by atoms with van der Waals surface area (Å²) in [6.45, 7) is 4.48. The van der Waals surface area contributed by atoms with Crippen LogP contribution in [0, 0.1) is 24.2 Å². The number of hydrogen-bond donors (Lipinski definition) is 2. The number of nitrogens with one attached hydrogen (secondary N) is 1. The topological polar surface area (TPSA) is 99.7 Å². The second kappa shape index (κ2) is 13.6. The van der Waals surface area contributed by atoms with Crippen LogP contribution in [0.5, 0.6) is 0 Å². The molecule has 1 aliphatic rings. The van der Waals surface area contributed by atoms with E-state index in [1.807, 2.05) is 61.3 Å². The van der Waals surface area contributed by atoms with E-state index >= 15 is 0 Å². The molecule has 192 valence electrons. The van der Waals surface area contributed by atoms with Gasteiger partial charge in [0.05, 0.1) is 13.2 Å². The number of amides is 1.